The first-order valence-corrected chi connectivity index (χ1v) is 7.94. The molecule has 0 saturated carbocycles. The maximum Gasteiger partial charge on any atom is 0.253 e. The van der Waals surface area contributed by atoms with E-state index >= 15 is 0 Å². The van der Waals surface area contributed by atoms with Gasteiger partial charge in [-0.05, 0) is 62.4 Å². The number of hydrogen-bond acceptors (Lipinski definition) is 3. The van der Waals surface area contributed by atoms with E-state index in [1.807, 2.05) is 29.2 Å². The van der Waals surface area contributed by atoms with Crippen molar-refractivity contribution in [2.45, 2.75) is 31.7 Å². The van der Waals surface area contributed by atoms with Crippen LogP contribution in [0.3, 0.4) is 0 Å². The Morgan fingerprint density at radius 3 is 2.41 bits per heavy atom. The number of nitrogens with zero attached hydrogens (tertiary/aromatic N) is 1. The lowest BCUT2D eigenvalue weighted by Crippen LogP contribution is -2.43. The molecule has 1 N–H and O–H groups in total. The van der Waals surface area contributed by atoms with E-state index in [1.165, 1.54) is 12.8 Å². The third kappa shape index (κ3) is 3.73. The van der Waals surface area contributed by atoms with Gasteiger partial charge in [0.1, 0.15) is 5.75 Å². The first kappa shape index (κ1) is 17.1. The average Bonchev–Trinajstić information content (AvgIpc) is 3.09. The number of ether oxygens (including phenoxy) is 1. The Hall–Kier alpha value is -1.26. The summed E-state index contributed by atoms with van der Waals surface area (Å²) in [4.78, 5) is 14.5. The maximum absolute atomic E-state index is 12.5. The molecule has 1 aromatic rings. The first-order chi connectivity index (χ1) is 10.3. The number of carbonyl (C=O) groups is 1. The number of rotatable bonds is 3. The Bertz CT molecular complexity index is 478. The largest absolute Gasteiger partial charge is 0.497 e. The summed E-state index contributed by atoms with van der Waals surface area (Å²) in [5.74, 6) is 1.68. The molecule has 122 valence electrons. The van der Waals surface area contributed by atoms with Gasteiger partial charge in [0.05, 0.1) is 7.11 Å². The van der Waals surface area contributed by atoms with E-state index in [4.69, 9.17) is 4.74 Å². The number of carbonyl (C=O) groups excluding carboxylic acids is 1. The van der Waals surface area contributed by atoms with Crippen LogP contribution in [0.4, 0.5) is 0 Å². The topological polar surface area (TPSA) is 41.6 Å². The second kappa shape index (κ2) is 7.84. The Labute approximate surface area is 138 Å². The molecule has 0 aliphatic carbocycles. The van der Waals surface area contributed by atoms with Gasteiger partial charge in [-0.3, -0.25) is 4.79 Å². The Kier molecular flexibility index (Phi) is 6.09. The number of nitrogens with one attached hydrogen (secondary N) is 1. The van der Waals surface area contributed by atoms with Crippen molar-refractivity contribution < 1.29 is 9.53 Å². The minimum Gasteiger partial charge on any atom is -0.497 e. The van der Waals surface area contributed by atoms with E-state index in [2.05, 4.69) is 5.32 Å². The molecule has 2 aliphatic rings. The number of amides is 1. The molecule has 1 atom stereocenters. The fraction of sp³-hybridized carbons (Fsp3) is 0.588. The molecule has 0 bridgehead atoms. The SMILES string of the molecule is COc1ccc(C(=O)N2CCC(C3CCCN3)CC2)cc1.Cl. The summed E-state index contributed by atoms with van der Waals surface area (Å²) >= 11 is 0. The lowest BCUT2D eigenvalue weighted by Gasteiger charge is -2.35. The molecule has 4 nitrogen and oxygen atoms in total. The van der Waals surface area contributed by atoms with Crippen molar-refractivity contribution in [3.8, 4) is 5.75 Å². The Morgan fingerprint density at radius 1 is 1.18 bits per heavy atom. The van der Waals surface area contributed by atoms with Gasteiger partial charge in [0.15, 0.2) is 0 Å². The van der Waals surface area contributed by atoms with Crippen molar-refractivity contribution >= 4 is 18.3 Å². The standard InChI is InChI=1S/C17H24N2O2.ClH/c1-21-15-6-4-14(5-7-15)17(20)19-11-8-13(9-12-19)16-3-2-10-18-16;/h4-7,13,16,18H,2-3,8-12H2,1H3;1H. The van der Waals surface area contributed by atoms with E-state index < -0.39 is 0 Å². The Morgan fingerprint density at radius 2 is 1.86 bits per heavy atom. The minimum atomic E-state index is 0. The van der Waals surface area contributed by atoms with Crippen LogP contribution in [-0.2, 0) is 0 Å². The van der Waals surface area contributed by atoms with Crippen LogP contribution in [0.15, 0.2) is 24.3 Å². The summed E-state index contributed by atoms with van der Waals surface area (Å²) in [6.45, 7) is 2.93. The van der Waals surface area contributed by atoms with Gasteiger partial charge in [0.2, 0.25) is 0 Å². The summed E-state index contributed by atoms with van der Waals surface area (Å²) in [5.41, 5.74) is 0.758. The molecule has 22 heavy (non-hydrogen) atoms. The highest BCUT2D eigenvalue weighted by atomic mass is 35.5. The van der Waals surface area contributed by atoms with Crippen molar-refractivity contribution in [3.05, 3.63) is 29.8 Å². The van der Waals surface area contributed by atoms with E-state index in [1.54, 1.807) is 7.11 Å². The molecule has 2 saturated heterocycles. The molecule has 1 unspecified atom stereocenters. The van der Waals surface area contributed by atoms with Crippen LogP contribution >= 0.6 is 12.4 Å². The third-order valence-electron chi connectivity index (χ3n) is 4.83. The van der Waals surface area contributed by atoms with Crippen LogP contribution in [0.2, 0.25) is 0 Å². The third-order valence-corrected chi connectivity index (χ3v) is 4.83. The molecule has 2 heterocycles. The zero-order valence-electron chi connectivity index (χ0n) is 13.1. The monoisotopic (exact) mass is 324 g/mol. The summed E-state index contributed by atoms with van der Waals surface area (Å²) in [6.07, 6.45) is 4.85. The Balaban J connectivity index is 0.00000176. The van der Waals surface area contributed by atoms with Crippen LogP contribution in [0.5, 0.6) is 5.75 Å². The predicted octanol–water partition coefficient (Wildman–Crippen LogP) is 2.72. The minimum absolute atomic E-state index is 0. The smallest absolute Gasteiger partial charge is 0.253 e. The number of benzene rings is 1. The molecule has 3 rings (SSSR count). The second-order valence-electron chi connectivity index (χ2n) is 6.06. The average molecular weight is 325 g/mol. The molecule has 2 fully saturated rings. The van der Waals surface area contributed by atoms with Crippen LogP contribution in [0.1, 0.15) is 36.0 Å². The van der Waals surface area contributed by atoms with E-state index in [9.17, 15) is 4.79 Å². The van der Waals surface area contributed by atoms with Gasteiger partial charge < -0.3 is 15.0 Å². The molecular formula is C17H25ClN2O2. The number of halogens is 1. The highest BCUT2D eigenvalue weighted by Gasteiger charge is 2.30. The number of hydrogen-bond donors (Lipinski definition) is 1. The zero-order valence-corrected chi connectivity index (χ0v) is 13.9. The summed E-state index contributed by atoms with van der Waals surface area (Å²) in [7, 11) is 1.64. The van der Waals surface area contributed by atoms with Crippen LogP contribution in [-0.4, -0.2) is 43.6 Å². The van der Waals surface area contributed by atoms with Crippen LogP contribution in [0, 0.1) is 5.92 Å². The number of piperidine rings is 1. The van der Waals surface area contributed by atoms with Gasteiger partial charge in [0.25, 0.3) is 5.91 Å². The molecule has 1 aromatic carbocycles. The molecule has 0 radical (unpaired) electrons. The highest BCUT2D eigenvalue weighted by Crippen LogP contribution is 2.26. The summed E-state index contributed by atoms with van der Waals surface area (Å²) < 4.78 is 5.13. The number of likely N-dealkylation sites (tertiary alicyclic amines) is 1. The summed E-state index contributed by atoms with van der Waals surface area (Å²) in [5, 5.41) is 3.60. The van der Waals surface area contributed by atoms with Gasteiger partial charge >= 0.3 is 0 Å². The fourth-order valence-corrected chi connectivity index (χ4v) is 3.53. The fourth-order valence-electron chi connectivity index (χ4n) is 3.53. The lowest BCUT2D eigenvalue weighted by molar-refractivity contribution is 0.0674. The molecule has 2 aliphatic heterocycles. The second-order valence-corrected chi connectivity index (χ2v) is 6.06. The first-order valence-electron chi connectivity index (χ1n) is 7.94. The van der Waals surface area contributed by atoms with Crippen LogP contribution in [0.25, 0.3) is 0 Å². The molecule has 0 spiro atoms. The van der Waals surface area contributed by atoms with Gasteiger partial charge in [0, 0.05) is 24.7 Å². The van der Waals surface area contributed by atoms with Crippen molar-refractivity contribution in [3.63, 3.8) is 0 Å². The van der Waals surface area contributed by atoms with Crippen molar-refractivity contribution in [2.75, 3.05) is 26.7 Å². The summed E-state index contributed by atoms with van der Waals surface area (Å²) in [6, 6.07) is 8.09. The highest BCUT2D eigenvalue weighted by molar-refractivity contribution is 5.94. The van der Waals surface area contributed by atoms with Crippen molar-refractivity contribution in [2.24, 2.45) is 5.92 Å². The molecule has 0 aromatic heterocycles. The van der Waals surface area contributed by atoms with E-state index in [-0.39, 0.29) is 18.3 Å². The van der Waals surface area contributed by atoms with Crippen LogP contribution < -0.4 is 10.1 Å². The van der Waals surface area contributed by atoms with Gasteiger partial charge in [-0.25, -0.2) is 0 Å². The molecule has 5 heteroatoms. The zero-order chi connectivity index (χ0) is 14.7. The number of methoxy groups -OCH3 is 1. The molecule has 1 amide bonds. The van der Waals surface area contributed by atoms with E-state index in [0.29, 0.717) is 6.04 Å². The van der Waals surface area contributed by atoms with Gasteiger partial charge in [-0.1, -0.05) is 0 Å². The van der Waals surface area contributed by atoms with Gasteiger partial charge in [-0.15, -0.1) is 12.4 Å². The lowest BCUT2D eigenvalue weighted by atomic mass is 9.88. The van der Waals surface area contributed by atoms with Crippen molar-refractivity contribution in [1.82, 2.24) is 10.2 Å². The quantitative estimate of drug-likeness (QED) is 0.929. The normalized spacial score (nSPS) is 22.2. The van der Waals surface area contributed by atoms with Gasteiger partial charge in [-0.2, -0.15) is 0 Å². The van der Waals surface area contributed by atoms with Crippen molar-refractivity contribution in [1.29, 1.82) is 0 Å². The molecular weight excluding hydrogens is 300 g/mol. The predicted molar refractivity (Wildman–Crippen MR) is 89.9 cm³/mol. The van der Waals surface area contributed by atoms with E-state index in [0.717, 1.165) is 49.7 Å². The maximum atomic E-state index is 12.5.